The van der Waals surface area contributed by atoms with Crippen LogP contribution in [0, 0.1) is 0 Å². The molecule has 0 fully saturated rings. The van der Waals surface area contributed by atoms with E-state index >= 15 is 0 Å². The highest BCUT2D eigenvalue weighted by Gasteiger charge is 2.14. The number of carbonyl (C=O) groups is 1. The maximum Gasteiger partial charge on any atom is 0.339 e. The highest BCUT2D eigenvalue weighted by Crippen LogP contribution is 2.26. The normalized spacial score (nSPS) is 11.9. The van der Waals surface area contributed by atoms with Crippen LogP contribution in [-0.4, -0.2) is 11.1 Å². The fraction of sp³-hybridized carbons (Fsp3) is 0.133. The summed E-state index contributed by atoms with van der Waals surface area (Å²) >= 11 is 3.40. The van der Waals surface area contributed by atoms with Crippen molar-refractivity contribution in [3.63, 3.8) is 0 Å². The van der Waals surface area contributed by atoms with E-state index in [-0.39, 0.29) is 11.7 Å². The molecule has 0 heterocycles. The van der Waals surface area contributed by atoms with Gasteiger partial charge in [0.05, 0.1) is 0 Å². The molecule has 19 heavy (non-hydrogen) atoms. The van der Waals surface area contributed by atoms with Gasteiger partial charge in [0, 0.05) is 4.47 Å². The van der Waals surface area contributed by atoms with Crippen LogP contribution in [-0.2, 0) is 0 Å². The summed E-state index contributed by atoms with van der Waals surface area (Å²) in [6, 6.07) is 14.4. The van der Waals surface area contributed by atoms with E-state index in [0.29, 0.717) is 5.75 Å². The van der Waals surface area contributed by atoms with Gasteiger partial charge in [-0.1, -0.05) is 40.2 Å². The Morgan fingerprint density at radius 1 is 1.21 bits per heavy atom. The van der Waals surface area contributed by atoms with E-state index in [0.717, 1.165) is 10.0 Å². The van der Waals surface area contributed by atoms with Crippen molar-refractivity contribution in [3.05, 3.63) is 64.1 Å². The molecule has 0 aliphatic rings. The minimum atomic E-state index is -0.989. The van der Waals surface area contributed by atoms with Gasteiger partial charge < -0.3 is 9.84 Å². The Morgan fingerprint density at radius 2 is 1.95 bits per heavy atom. The van der Waals surface area contributed by atoms with Crippen molar-refractivity contribution in [2.75, 3.05) is 0 Å². The average molecular weight is 321 g/mol. The first kappa shape index (κ1) is 13.6. The lowest BCUT2D eigenvalue weighted by atomic mass is 10.1. The number of hydrogen-bond donors (Lipinski definition) is 1. The molecule has 1 unspecified atom stereocenters. The summed E-state index contributed by atoms with van der Waals surface area (Å²) in [5.74, 6) is -0.612. The Hall–Kier alpha value is -1.81. The number of rotatable bonds is 4. The zero-order chi connectivity index (χ0) is 13.8. The van der Waals surface area contributed by atoms with E-state index in [9.17, 15) is 4.79 Å². The maximum absolute atomic E-state index is 11.1. The first-order valence-corrected chi connectivity index (χ1v) is 6.61. The van der Waals surface area contributed by atoms with Crippen LogP contribution < -0.4 is 4.74 Å². The predicted molar refractivity (Wildman–Crippen MR) is 76.6 cm³/mol. The van der Waals surface area contributed by atoms with Gasteiger partial charge in [0.15, 0.2) is 0 Å². The number of carboxylic acids is 1. The smallest absolute Gasteiger partial charge is 0.339 e. The largest absolute Gasteiger partial charge is 0.485 e. The van der Waals surface area contributed by atoms with Gasteiger partial charge in [0.2, 0.25) is 0 Å². The summed E-state index contributed by atoms with van der Waals surface area (Å²) in [5, 5.41) is 9.11. The number of ether oxygens (including phenoxy) is 1. The third kappa shape index (κ3) is 3.35. The average Bonchev–Trinajstić information content (AvgIpc) is 2.39. The Labute approximate surface area is 120 Å². The Kier molecular flexibility index (Phi) is 4.22. The molecule has 0 bridgehead atoms. The lowest BCUT2D eigenvalue weighted by Crippen LogP contribution is -2.07. The molecule has 0 aromatic heterocycles. The van der Waals surface area contributed by atoms with E-state index in [1.54, 1.807) is 18.2 Å². The summed E-state index contributed by atoms with van der Waals surface area (Å²) in [6.45, 7) is 1.89. The van der Waals surface area contributed by atoms with E-state index in [1.165, 1.54) is 6.07 Å². The van der Waals surface area contributed by atoms with Crippen LogP contribution in [0.4, 0.5) is 0 Å². The van der Waals surface area contributed by atoms with Crippen molar-refractivity contribution >= 4 is 21.9 Å². The number of benzene rings is 2. The van der Waals surface area contributed by atoms with Gasteiger partial charge >= 0.3 is 5.97 Å². The van der Waals surface area contributed by atoms with Gasteiger partial charge in [-0.2, -0.15) is 0 Å². The van der Waals surface area contributed by atoms with Crippen LogP contribution in [0.15, 0.2) is 53.0 Å². The number of aromatic carboxylic acids is 1. The molecule has 2 aromatic carbocycles. The second-order valence-corrected chi connectivity index (χ2v) is 5.03. The van der Waals surface area contributed by atoms with Crippen LogP contribution in [0.5, 0.6) is 5.75 Å². The van der Waals surface area contributed by atoms with Crippen molar-refractivity contribution in [3.8, 4) is 5.75 Å². The zero-order valence-corrected chi connectivity index (χ0v) is 11.9. The minimum absolute atomic E-state index is 0.171. The minimum Gasteiger partial charge on any atom is -0.485 e. The van der Waals surface area contributed by atoms with Crippen LogP contribution in [0.1, 0.15) is 28.9 Å². The molecule has 0 saturated carbocycles. The molecule has 4 heteroatoms. The van der Waals surface area contributed by atoms with E-state index < -0.39 is 5.97 Å². The molecule has 1 N–H and O–H groups in total. The van der Waals surface area contributed by atoms with Gasteiger partial charge in [-0.15, -0.1) is 0 Å². The Bertz CT molecular complexity index is 595. The molecule has 0 radical (unpaired) electrons. The second kappa shape index (κ2) is 5.89. The first-order chi connectivity index (χ1) is 9.08. The monoisotopic (exact) mass is 320 g/mol. The molecule has 3 nitrogen and oxygen atoms in total. The predicted octanol–water partition coefficient (Wildman–Crippen LogP) is 4.29. The lowest BCUT2D eigenvalue weighted by Gasteiger charge is -2.16. The molecule has 0 spiro atoms. The van der Waals surface area contributed by atoms with Crippen LogP contribution in [0.25, 0.3) is 0 Å². The SMILES string of the molecule is CC(Oc1ccccc1C(=O)O)c1cccc(Br)c1. The Balaban J connectivity index is 2.24. The highest BCUT2D eigenvalue weighted by atomic mass is 79.9. The topological polar surface area (TPSA) is 46.5 Å². The first-order valence-electron chi connectivity index (χ1n) is 5.82. The molecule has 0 saturated heterocycles. The van der Waals surface area contributed by atoms with Crippen molar-refractivity contribution in [1.82, 2.24) is 0 Å². The fourth-order valence-corrected chi connectivity index (χ4v) is 2.18. The molecule has 0 aliphatic carbocycles. The third-order valence-electron chi connectivity index (χ3n) is 2.74. The van der Waals surface area contributed by atoms with Gasteiger partial charge in [0.1, 0.15) is 17.4 Å². The second-order valence-electron chi connectivity index (χ2n) is 4.12. The van der Waals surface area contributed by atoms with Crippen LogP contribution >= 0.6 is 15.9 Å². The summed E-state index contributed by atoms with van der Waals surface area (Å²) in [5.41, 5.74) is 1.15. The number of hydrogen-bond acceptors (Lipinski definition) is 2. The summed E-state index contributed by atoms with van der Waals surface area (Å²) in [7, 11) is 0. The quantitative estimate of drug-likeness (QED) is 0.914. The van der Waals surface area contributed by atoms with Crippen molar-refractivity contribution < 1.29 is 14.6 Å². The van der Waals surface area contributed by atoms with Crippen molar-refractivity contribution in [2.24, 2.45) is 0 Å². The molecular weight excluding hydrogens is 308 g/mol. The number of carboxylic acid groups (broad SMARTS) is 1. The Morgan fingerprint density at radius 3 is 2.63 bits per heavy atom. The number of para-hydroxylation sites is 1. The fourth-order valence-electron chi connectivity index (χ4n) is 1.76. The molecule has 2 rings (SSSR count). The van der Waals surface area contributed by atoms with Crippen LogP contribution in [0.3, 0.4) is 0 Å². The van der Waals surface area contributed by atoms with Gasteiger partial charge in [-0.3, -0.25) is 0 Å². The summed E-state index contributed by atoms with van der Waals surface area (Å²) in [4.78, 5) is 11.1. The molecule has 0 aliphatic heterocycles. The molecule has 2 aromatic rings. The lowest BCUT2D eigenvalue weighted by molar-refractivity contribution is 0.0689. The third-order valence-corrected chi connectivity index (χ3v) is 3.23. The van der Waals surface area contributed by atoms with E-state index in [1.807, 2.05) is 31.2 Å². The van der Waals surface area contributed by atoms with E-state index in [4.69, 9.17) is 9.84 Å². The van der Waals surface area contributed by atoms with Crippen LogP contribution in [0.2, 0.25) is 0 Å². The van der Waals surface area contributed by atoms with E-state index in [2.05, 4.69) is 15.9 Å². The highest BCUT2D eigenvalue weighted by molar-refractivity contribution is 9.10. The number of halogens is 1. The van der Waals surface area contributed by atoms with Gasteiger partial charge in [0.25, 0.3) is 0 Å². The van der Waals surface area contributed by atoms with Crippen molar-refractivity contribution in [1.29, 1.82) is 0 Å². The molecule has 0 amide bonds. The molecule has 1 atom stereocenters. The molecular formula is C15H13BrO3. The standard InChI is InChI=1S/C15H13BrO3/c1-10(11-5-4-6-12(16)9-11)19-14-8-3-2-7-13(14)15(17)18/h2-10H,1H3,(H,17,18). The van der Waals surface area contributed by atoms with Crippen molar-refractivity contribution in [2.45, 2.75) is 13.0 Å². The summed E-state index contributed by atoms with van der Waals surface area (Å²) < 4.78 is 6.71. The maximum atomic E-state index is 11.1. The zero-order valence-electron chi connectivity index (χ0n) is 10.3. The molecule has 98 valence electrons. The van der Waals surface area contributed by atoms with Gasteiger partial charge in [-0.25, -0.2) is 4.79 Å². The van der Waals surface area contributed by atoms with Gasteiger partial charge in [-0.05, 0) is 36.8 Å². The summed E-state index contributed by atoms with van der Waals surface area (Å²) in [6.07, 6.45) is -0.224.